The number of hydrogen-bond donors (Lipinski definition) is 2. The number of benzene rings is 2. The lowest BCUT2D eigenvalue weighted by Crippen LogP contribution is -2.15. The Morgan fingerprint density at radius 3 is 2.04 bits per heavy atom. The Kier molecular flexibility index (Phi) is 6.00. The maximum atomic E-state index is 12.6. The van der Waals surface area contributed by atoms with Gasteiger partial charge < -0.3 is 15.4 Å². The van der Waals surface area contributed by atoms with Crippen molar-refractivity contribution in [1.29, 1.82) is 0 Å². The van der Waals surface area contributed by atoms with E-state index in [-0.39, 0.29) is 23.0 Å². The Balaban J connectivity index is 2.25. The molecule has 2 aromatic carbocycles. The van der Waals surface area contributed by atoms with E-state index in [1.807, 2.05) is 12.1 Å². The molecule has 0 atom stereocenters. The van der Waals surface area contributed by atoms with Crippen LogP contribution < -0.4 is 15.4 Å². The fourth-order valence-electron chi connectivity index (χ4n) is 2.46. The number of hydrogen-bond acceptors (Lipinski definition) is 4. The highest BCUT2D eigenvalue weighted by Gasteiger charge is 2.16. The predicted molar refractivity (Wildman–Crippen MR) is 105 cm³/mol. The fraction of sp³-hybridized carbons (Fsp3) is 0.286. The number of carbonyl (C=O) groups excluding carboxylic acids is 3. The van der Waals surface area contributed by atoms with Crippen molar-refractivity contribution in [3.05, 3.63) is 53.6 Å². The summed E-state index contributed by atoms with van der Waals surface area (Å²) in [5.74, 6) is -0.941. The molecule has 0 unspecified atom stereocenters. The second-order valence-corrected chi connectivity index (χ2v) is 7.27. The molecule has 142 valence electrons. The van der Waals surface area contributed by atoms with E-state index in [4.69, 9.17) is 4.74 Å². The van der Waals surface area contributed by atoms with Crippen LogP contribution in [0.15, 0.2) is 42.5 Å². The molecule has 2 aromatic rings. The van der Waals surface area contributed by atoms with Crippen LogP contribution in [0.3, 0.4) is 0 Å². The van der Waals surface area contributed by atoms with Gasteiger partial charge in [0.05, 0.1) is 5.69 Å². The lowest BCUT2D eigenvalue weighted by Gasteiger charge is -2.19. The van der Waals surface area contributed by atoms with Crippen LogP contribution in [-0.2, 0) is 15.0 Å². The molecule has 2 amide bonds. The summed E-state index contributed by atoms with van der Waals surface area (Å²) < 4.78 is 5.16. The van der Waals surface area contributed by atoms with Gasteiger partial charge in [-0.05, 0) is 35.2 Å². The van der Waals surface area contributed by atoms with Gasteiger partial charge in [0.1, 0.15) is 0 Å². The van der Waals surface area contributed by atoms with Gasteiger partial charge in [0, 0.05) is 31.2 Å². The second-order valence-electron chi connectivity index (χ2n) is 7.27. The zero-order valence-electron chi connectivity index (χ0n) is 16.2. The third kappa shape index (κ3) is 5.67. The minimum Gasteiger partial charge on any atom is -0.424 e. The maximum absolute atomic E-state index is 12.6. The molecule has 2 N–H and O–H groups in total. The lowest BCUT2D eigenvalue weighted by atomic mass is 9.87. The third-order valence-electron chi connectivity index (χ3n) is 3.82. The van der Waals surface area contributed by atoms with Crippen molar-refractivity contribution in [2.24, 2.45) is 0 Å². The SMILES string of the molecule is CC(=O)Nc1ccc(NC(=O)c2ccc(C(C)(C)C)cc2)c(OC(C)=O)c1. The van der Waals surface area contributed by atoms with Crippen LogP contribution in [0.25, 0.3) is 0 Å². The molecule has 6 heteroatoms. The number of carbonyl (C=O) groups is 3. The van der Waals surface area contributed by atoms with E-state index < -0.39 is 5.97 Å². The first-order chi connectivity index (χ1) is 12.6. The number of rotatable bonds is 4. The molecule has 0 heterocycles. The molecular formula is C21H24N2O4. The summed E-state index contributed by atoms with van der Waals surface area (Å²) in [5, 5.41) is 5.35. The molecule has 6 nitrogen and oxygen atoms in total. The highest BCUT2D eigenvalue weighted by molar-refractivity contribution is 6.05. The quantitative estimate of drug-likeness (QED) is 0.628. The van der Waals surface area contributed by atoms with Gasteiger partial charge in [-0.1, -0.05) is 32.9 Å². The summed E-state index contributed by atoms with van der Waals surface area (Å²) in [4.78, 5) is 35.1. The summed E-state index contributed by atoms with van der Waals surface area (Å²) in [6.45, 7) is 8.95. The van der Waals surface area contributed by atoms with Crippen LogP contribution in [0.5, 0.6) is 5.75 Å². The Bertz CT molecular complexity index is 865. The van der Waals surface area contributed by atoms with E-state index >= 15 is 0 Å². The van der Waals surface area contributed by atoms with Crippen molar-refractivity contribution in [2.45, 2.75) is 40.0 Å². The minimum absolute atomic E-state index is 0.00293. The summed E-state index contributed by atoms with van der Waals surface area (Å²) in [7, 11) is 0. The zero-order chi connectivity index (χ0) is 20.2. The number of nitrogens with one attached hydrogen (secondary N) is 2. The highest BCUT2D eigenvalue weighted by Crippen LogP contribution is 2.29. The Morgan fingerprint density at radius 1 is 0.889 bits per heavy atom. The molecule has 2 rings (SSSR count). The molecule has 0 fully saturated rings. The van der Waals surface area contributed by atoms with Gasteiger partial charge in [-0.15, -0.1) is 0 Å². The van der Waals surface area contributed by atoms with Gasteiger partial charge in [0.2, 0.25) is 5.91 Å². The first-order valence-corrected chi connectivity index (χ1v) is 8.58. The van der Waals surface area contributed by atoms with Gasteiger partial charge in [0.15, 0.2) is 5.75 Å². The van der Waals surface area contributed by atoms with Crippen molar-refractivity contribution in [3.8, 4) is 5.75 Å². The smallest absolute Gasteiger partial charge is 0.308 e. The predicted octanol–water partition coefficient (Wildman–Crippen LogP) is 4.12. The van der Waals surface area contributed by atoms with Crippen LogP contribution in [0.4, 0.5) is 11.4 Å². The molecular weight excluding hydrogens is 344 g/mol. The van der Waals surface area contributed by atoms with Crippen LogP contribution in [-0.4, -0.2) is 17.8 Å². The van der Waals surface area contributed by atoms with Gasteiger partial charge in [0.25, 0.3) is 5.91 Å². The summed E-state index contributed by atoms with van der Waals surface area (Å²) in [5.41, 5.74) is 2.41. The average Bonchev–Trinajstić information content (AvgIpc) is 2.55. The summed E-state index contributed by atoms with van der Waals surface area (Å²) in [6, 6.07) is 12.0. The number of anilines is 2. The van der Waals surface area contributed by atoms with Crippen LogP contribution in [0.2, 0.25) is 0 Å². The molecule has 0 spiro atoms. The topological polar surface area (TPSA) is 84.5 Å². The lowest BCUT2D eigenvalue weighted by molar-refractivity contribution is -0.131. The van der Waals surface area contributed by atoms with E-state index in [2.05, 4.69) is 31.4 Å². The van der Waals surface area contributed by atoms with Crippen LogP contribution in [0.1, 0.15) is 50.5 Å². The van der Waals surface area contributed by atoms with Crippen molar-refractivity contribution < 1.29 is 19.1 Å². The number of ether oxygens (including phenoxy) is 1. The number of esters is 1. The average molecular weight is 368 g/mol. The molecule has 0 aliphatic heterocycles. The molecule has 0 bridgehead atoms. The standard InChI is InChI=1S/C21H24N2O4/c1-13(24)22-17-10-11-18(19(12-17)27-14(2)25)23-20(26)15-6-8-16(9-7-15)21(3,4)5/h6-12H,1-5H3,(H,22,24)(H,23,26). The number of amides is 2. The van der Waals surface area contributed by atoms with E-state index in [9.17, 15) is 14.4 Å². The normalized spacial score (nSPS) is 10.9. The first kappa shape index (κ1) is 20.2. The largest absolute Gasteiger partial charge is 0.424 e. The molecule has 0 saturated carbocycles. The van der Waals surface area contributed by atoms with Gasteiger partial charge in [-0.2, -0.15) is 0 Å². The summed E-state index contributed by atoms with van der Waals surface area (Å²) >= 11 is 0. The Hall–Kier alpha value is -3.15. The molecule has 0 aliphatic carbocycles. The van der Waals surface area contributed by atoms with E-state index in [1.165, 1.54) is 19.9 Å². The van der Waals surface area contributed by atoms with E-state index in [0.717, 1.165) is 5.56 Å². The monoisotopic (exact) mass is 368 g/mol. The second kappa shape index (κ2) is 8.03. The maximum Gasteiger partial charge on any atom is 0.308 e. The Morgan fingerprint density at radius 2 is 1.52 bits per heavy atom. The molecule has 0 aliphatic rings. The van der Waals surface area contributed by atoms with Gasteiger partial charge in [-0.25, -0.2) is 0 Å². The zero-order valence-corrected chi connectivity index (χ0v) is 16.2. The molecule has 0 saturated heterocycles. The van der Waals surface area contributed by atoms with Crippen LogP contribution in [0, 0.1) is 0 Å². The molecule has 0 radical (unpaired) electrons. The van der Waals surface area contributed by atoms with Crippen molar-refractivity contribution >= 4 is 29.2 Å². The summed E-state index contributed by atoms with van der Waals surface area (Å²) in [6.07, 6.45) is 0. The van der Waals surface area contributed by atoms with Crippen LogP contribution >= 0.6 is 0 Å². The van der Waals surface area contributed by atoms with E-state index in [0.29, 0.717) is 16.9 Å². The first-order valence-electron chi connectivity index (χ1n) is 8.58. The fourth-order valence-corrected chi connectivity index (χ4v) is 2.46. The third-order valence-corrected chi connectivity index (χ3v) is 3.82. The molecule has 0 aromatic heterocycles. The minimum atomic E-state index is -0.528. The molecule has 27 heavy (non-hydrogen) atoms. The van der Waals surface area contributed by atoms with Crippen molar-refractivity contribution in [2.75, 3.05) is 10.6 Å². The Labute approximate surface area is 158 Å². The highest BCUT2D eigenvalue weighted by atomic mass is 16.5. The van der Waals surface area contributed by atoms with Gasteiger partial charge >= 0.3 is 5.97 Å². The van der Waals surface area contributed by atoms with Crippen molar-refractivity contribution in [1.82, 2.24) is 0 Å². The van der Waals surface area contributed by atoms with E-state index in [1.54, 1.807) is 24.3 Å². The van der Waals surface area contributed by atoms with Crippen molar-refractivity contribution in [3.63, 3.8) is 0 Å². The van der Waals surface area contributed by atoms with Gasteiger partial charge in [-0.3, -0.25) is 14.4 Å².